The van der Waals surface area contributed by atoms with Gasteiger partial charge in [0.05, 0.1) is 6.61 Å². The molecule has 22 heteroatoms. The van der Waals surface area contributed by atoms with Gasteiger partial charge >= 0.3 is 23.5 Å². The number of nitrogens with two attached hydrogens (primary N) is 1. The Morgan fingerprint density at radius 2 is 1.92 bits per heavy atom. The van der Waals surface area contributed by atoms with Crippen LogP contribution < -0.4 is 31.5 Å². The predicted octanol–water partition coefficient (Wildman–Crippen LogP) is 1.14. The molecule has 3 aromatic rings. The molecule has 1 amide bonds. The third-order valence-electron chi connectivity index (χ3n) is 7.94. The molecule has 19 nitrogen and oxygen atoms in total. The average Bonchev–Trinajstić information content (AvgIpc) is 3.69. The summed E-state index contributed by atoms with van der Waals surface area (Å²) in [7, 11) is -16.9. The molecule has 2 aromatic carbocycles. The Labute approximate surface area is 287 Å². The monoisotopic (exact) mass is 765 g/mol. The Kier molecular flexibility index (Phi) is 9.61. The van der Waals surface area contributed by atoms with Crippen LogP contribution >= 0.6 is 23.5 Å². The van der Waals surface area contributed by atoms with Crippen molar-refractivity contribution in [2.45, 2.75) is 25.0 Å². The maximum absolute atomic E-state index is 14.1. The highest BCUT2D eigenvalue weighted by Crippen LogP contribution is 2.66. The molecule has 2 aliphatic heterocycles. The highest BCUT2D eigenvalue weighted by Gasteiger charge is 2.44. The molecule has 0 bridgehead atoms. The Hall–Kier alpha value is -4.22. The van der Waals surface area contributed by atoms with Crippen molar-refractivity contribution >= 4 is 75.8 Å². The maximum Gasteiger partial charge on any atom is 0.490 e. The van der Waals surface area contributed by atoms with E-state index in [1.165, 1.54) is 11.0 Å². The normalized spacial score (nSPS) is 22.8. The number of phosphoric ester groups is 1. The molecule has 1 aromatic heterocycles. The van der Waals surface area contributed by atoms with Gasteiger partial charge in [-0.2, -0.15) is 13.6 Å². The number of carbonyl (C=O) groups excluding carboxylic acids is 1. The molecule has 0 spiro atoms. The molecule has 6 rings (SSSR count). The number of hydrogen-bond donors (Lipinski definition) is 7. The van der Waals surface area contributed by atoms with Gasteiger partial charge < -0.3 is 35.2 Å². The van der Waals surface area contributed by atoms with Gasteiger partial charge in [-0.05, 0) is 50.4 Å². The number of aromatic nitrogens is 2. The number of allylic oxidation sites excluding steroid dienone is 2. The molecule has 51 heavy (non-hydrogen) atoms. The van der Waals surface area contributed by atoms with E-state index in [-0.39, 0.29) is 35.9 Å². The van der Waals surface area contributed by atoms with Crippen LogP contribution in [0.25, 0.3) is 29.0 Å². The number of benzene rings is 2. The van der Waals surface area contributed by atoms with E-state index in [0.29, 0.717) is 10.4 Å². The van der Waals surface area contributed by atoms with Gasteiger partial charge in [0.2, 0.25) is 5.95 Å². The second kappa shape index (κ2) is 13.4. The molecule has 5 atom stereocenters. The fraction of sp³-hybridized carbons (Fsp3) is 0.207. The first-order valence-corrected chi connectivity index (χ1v) is 19.3. The second-order valence-electron chi connectivity index (χ2n) is 11.5. The minimum Gasteiger partial charge on any atom is -0.470 e. The molecule has 0 radical (unpaired) electrons. The lowest BCUT2D eigenvalue weighted by molar-refractivity contribution is -0.112. The zero-order valence-corrected chi connectivity index (χ0v) is 29.0. The number of phosphoric acid groups is 3. The molecule has 270 valence electrons. The van der Waals surface area contributed by atoms with E-state index in [2.05, 4.69) is 42.7 Å². The zero-order valence-electron chi connectivity index (χ0n) is 26.3. The van der Waals surface area contributed by atoms with E-state index in [9.17, 15) is 38.2 Å². The number of H-pyrrole nitrogens is 1. The predicted molar refractivity (Wildman–Crippen MR) is 183 cm³/mol. The SMILES string of the molecule is C=C/C=c1/ccc2cc3c(cc2/c1=C/C(=O)N1CN(C2=CC(O)C(COP(=O)(O)OP(=O)(O)OP(=O)(O)O)O2)c2nc(N)[nH]c(=O)c21)C(C)C=C3. The summed E-state index contributed by atoms with van der Waals surface area (Å²) in [5.74, 6) is -1.08. The highest BCUT2D eigenvalue weighted by molar-refractivity contribution is 7.66. The number of rotatable bonds is 10. The molecule has 3 aliphatic rings. The zero-order chi connectivity index (χ0) is 37.0. The fourth-order valence-electron chi connectivity index (χ4n) is 5.78. The maximum atomic E-state index is 14.1. The molecule has 0 saturated heterocycles. The van der Waals surface area contributed by atoms with Crippen molar-refractivity contribution in [1.82, 2.24) is 9.97 Å². The second-order valence-corrected chi connectivity index (χ2v) is 15.9. The Balaban J connectivity index is 1.29. The summed E-state index contributed by atoms with van der Waals surface area (Å²) in [4.78, 5) is 72.8. The summed E-state index contributed by atoms with van der Waals surface area (Å²) in [6.45, 7) is 4.50. The number of ether oxygens (including phenoxy) is 1. The standard InChI is InChI=1S/C29H30N5O14P3/c1-3-4-16-7-8-18-9-17-6-5-15(2)19(17)10-20(18)21(16)11-24(36)33-14-34(27-26(33)28(37)32-29(30)31-27)25-12-22(35)23(46-25)13-45-50(41,42)48-51(43,44)47-49(38,39)40/h3-12,15,22-23,35H,1,13-14H2,2H3,(H,41,42)(H,43,44)(H2,38,39,40)(H3,30,31,32,37)/b16-4-,21-11+. The van der Waals surface area contributed by atoms with Crippen molar-refractivity contribution in [3.05, 3.63) is 86.9 Å². The molecular formula is C29H30N5O14P3. The first kappa shape index (κ1) is 36.6. The summed E-state index contributed by atoms with van der Waals surface area (Å²) in [5, 5.41) is 13.6. The van der Waals surface area contributed by atoms with Crippen molar-refractivity contribution in [2.75, 3.05) is 28.8 Å². The molecule has 1 aliphatic carbocycles. The number of aliphatic hydroxyl groups is 1. The molecule has 3 heterocycles. The van der Waals surface area contributed by atoms with Crippen molar-refractivity contribution in [3.63, 3.8) is 0 Å². The summed E-state index contributed by atoms with van der Waals surface area (Å²) in [5.41, 5.74) is 7.01. The summed E-state index contributed by atoms with van der Waals surface area (Å²) >= 11 is 0. The quantitative estimate of drug-likeness (QED) is 0.142. The van der Waals surface area contributed by atoms with E-state index < -0.39 is 53.7 Å². The van der Waals surface area contributed by atoms with Crippen molar-refractivity contribution < 1.29 is 61.1 Å². The first-order chi connectivity index (χ1) is 23.8. The van der Waals surface area contributed by atoms with E-state index in [1.807, 2.05) is 30.3 Å². The number of fused-ring (bicyclic) bond motifs is 3. The smallest absolute Gasteiger partial charge is 0.470 e. The Morgan fingerprint density at radius 1 is 1.18 bits per heavy atom. The summed E-state index contributed by atoms with van der Waals surface area (Å²) in [6, 6.07) is 7.83. The lowest BCUT2D eigenvalue weighted by atomic mass is 9.96. The van der Waals surface area contributed by atoms with Gasteiger partial charge in [0.25, 0.3) is 11.5 Å². The van der Waals surface area contributed by atoms with Crippen LogP contribution in [0, 0.1) is 0 Å². The van der Waals surface area contributed by atoms with Gasteiger partial charge in [0.15, 0.2) is 23.5 Å². The van der Waals surface area contributed by atoms with E-state index in [1.54, 1.807) is 12.2 Å². The first-order valence-electron chi connectivity index (χ1n) is 14.8. The van der Waals surface area contributed by atoms with Crippen LogP contribution in [-0.4, -0.2) is 66.0 Å². The number of anilines is 3. The topological polar surface area (TPSA) is 285 Å². The molecule has 5 unspecified atom stereocenters. The number of hydrogen-bond acceptors (Lipinski definition) is 13. The Bertz CT molecular complexity index is 2370. The van der Waals surface area contributed by atoms with Crippen molar-refractivity contribution in [3.8, 4) is 0 Å². The van der Waals surface area contributed by atoms with Gasteiger partial charge in [-0.15, -0.1) is 0 Å². The number of nitrogens with one attached hydrogen (secondary N) is 1. The van der Waals surface area contributed by atoms with Gasteiger partial charge in [-0.3, -0.25) is 28.9 Å². The van der Waals surface area contributed by atoms with Gasteiger partial charge in [-0.25, -0.2) is 13.7 Å². The van der Waals surface area contributed by atoms with Gasteiger partial charge in [0.1, 0.15) is 12.8 Å². The largest absolute Gasteiger partial charge is 0.490 e. The molecule has 0 saturated carbocycles. The van der Waals surface area contributed by atoms with E-state index >= 15 is 0 Å². The van der Waals surface area contributed by atoms with E-state index in [4.69, 9.17) is 20.3 Å². The number of aromatic amines is 1. The number of carbonyl (C=O) groups is 1. The highest BCUT2D eigenvalue weighted by atomic mass is 31.3. The van der Waals surface area contributed by atoms with Crippen LogP contribution in [0.5, 0.6) is 0 Å². The van der Waals surface area contributed by atoms with Gasteiger partial charge in [0, 0.05) is 12.2 Å². The Morgan fingerprint density at radius 3 is 2.63 bits per heavy atom. The number of amides is 1. The summed E-state index contributed by atoms with van der Waals surface area (Å²) < 4.78 is 52.4. The average molecular weight is 766 g/mol. The molecular weight excluding hydrogens is 735 g/mol. The number of nitrogen functional groups attached to an aromatic ring is 1. The third-order valence-corrected chi connectivity index (χ3v) is 11.7. The van der Waals surface area contributed by atoms with Crippen molar-refractivity contribution in [1.29, 1.82) is 0 Å². The van der Waals surface area contributed by atoms with Crippen LogP contribution in [0.3, 0.4) is 0 Å². The fourth-order valence-corrected chi connectivity index (χ4v) is 8.81. The van der Waals surface area contributed by atoms with Crippen LogP contribution in [0.1, 0.15) is 24.0 Å². The minimum absolute atomic E-state index is 0.126. The minimum atomic E-state index is -5.79. The lowest BCUT2D eigenvalue weighted by Crippen LogP contribution is -2.38. The van der Waals surface area contributed by atoms with Crippen LogP contribution in [0.15, 0.2) is 59.8 Å². The summed E-state index contributed by atoms with van der Waals surface area (Å²) in [6.07, 6.45) is 6.91. The van der Waals surface area contributed by atoms with Crippen LogP contribution in [-0.2, 0) is 36.4 Å². The van der Waals surface area contributed by atoms with E-state index in [0.717, 1.165) is 32.9 Å². The lowest BCUT2D eigenvalue weighted by Gasteiger charge is -2.23. The van der Waals surface area contributed by atoms with Gasteiger partial charge in [-0.1, -0.05) is 49.9 Å². The number of nitrogens with zero attached hydrogens (tertiary/aromatic N) is 3. The molecule has 0 fully saturated rings. The third kappa shape index (κ3) is 7.70. The number of aliphatic hydroxyl groups excluding tert-OH is 1. The van der Waals surface area contributed by atoms with Crippen LogP contribution in [0.4, 0.5) is 17.5 Å². The van der Waals surface area contributed by atoms with Crippen molar-refractivity contribution in [2.24, 2.45) is 0 Å². The van der Waals surface area contributed by atoms with Crippen LogP contribution in [0.2, 0.25) is 0 Å². The molecule has 8 N–H and O–H groups in total.